The number of carbonyl (C=O) groups excluding carboxylic acids is 1. The lowest BCUT2D eigenvalue weighted by atomic mass is 10.1. The number of piperidine rings is 1. The van der Waals surface area contributed by atoms with Crippen LogP contribution in [0, 0.1) is 11.8 Å². The minimum absolute atomic E-state index is 0.0212. The number of thiazole rings is 1. The molecule has 4 nitrogen and oxygen atoms in total. The second-order valence-electron chi connectivity index (χ2n) is 6.62. The molecule has 2 amide bonds. The van der Waals surface area contributed by atoms with Gasteiger partial charge in [-0.1, -0.05) is 24.1 Å². The Balaban J connectivity index is 1.44. The van der Waals surface area contributed by atoms with Crippen molar-refractivity contribution in [1.29, 1.82) is 0 Å². The van der Waals surface area contributed by atoms with E-state index in [0.717, 1.165) is 27.6 Å². The van der Waals surface area contributed by atoms with E-state index in [4.69, 9.17) is 0 Å². The molecule has 3 heterocycles. The zero-order valence-corrected chi connectivity index (χ0v) is 15.3. The average Bonchev–Trinajstić information content (AvgIpc) is 3.09. The number of carbonyl (C=O) groups is 1. The van der Waals surface area contributed by atoms with Crippen molar-refractivity contribution in [2.24, 2.45) is 0 Å². The topological polar surface area (TPSA) is 36.4 Å². The van der Waals surface area contributed by atoms with Crippen LogP contribution < -0.4 is 0 Å². The lowest BCUT2D eigenvalue weighted by molar-refractivity contribution is 0.118. The molecule has 6 heteroatoms. The molecule has 0 saturated carbocycles. The largest absolute Gasteiger partial charge is 0.324 e. The van der Waals surface area contributed by atoms with Crippen LogP contribution in [0.1, 0.15) is 34.0 Å². The van der Waals surface area contributed by atoms with Gasteiger partial charge in [0.1, 0.15) is 6.17 Å². The van der Waals surface area contributed by atoms with Crippen molar-refractivity contribution in [3.63, 3.8) is 0 Å². The number of nitrogens with zero attached hydrogens (tertiary/aromatic N) is 3. The number of aromatic nitrogens is 1. The van der Waals surface area contributed by atoms with E-state index in [0.29, 0.717) is 39.0 Å². The predicted octanol–water partition coefficient (Wildman–Crippen LogP) is 3.45. The van der Waals surface area contributed by atoms with Crippen LogP contribution in [0.2, 0.25) is 0 Å². The van der Waals surface area contributed by atoms with Crippen molar-refractivity contribution in [3.05, 3.63) is 51.5 Å². The summed E-state index contributed by atoms with van der Waals surface area (Å²) in [5.41, 5.74) is 2.02. The first-order chi connectivity index (χ1) is 12.7. The Morgan fingerprint density at radius 2 is 1.88 bits per heavy atom. The molecule has 0 N–H and O–H groups in total. The number of urea groups is 1. The van der Waals surface area contributed by atoms with Crippen molar-refractivity contribution in [3.8, 4) is 11.8 Å². The second-order valence-corrected chi connectivity index (χ2v) is 7.70. The van der Waals surface area contributed by atoms with Crippen molar-refractivity contribution >= 4 is 17.4 Å². The van der Waals surface area contributed by atoms with Crippen molar-refractivity contribution in [1.82, 2.24) is 14.8 Å². The van der Waals surface area contributed by atoms with Crippen LogP contribution in [-0.2, 0) is 13.0 Å². The van der Waals surface area contributed by atoms with E-state index in [1.165, 1.54) is 0 Å². The average molecular weight is 369 g/mol. The molecule has 26 heavy (non-hydrogen) atoms. The summed E-state index contributed by atoms with van der Waals surface area (Å²) in [6.45, 7) is 2.27. The van der Waals surface area contributed by atoms with Crippen LogP contribution in [0.3, 0.4) is 0 Å². The highest BCUT2D eigenvalue weighted by Gasteiger charge is 2.29. The number of benzene rings is 1. The number of alkyl halides is 1. The zero-order valence-electron chi connectivity index (χ0n) is 14.4. The minimum atomic E-state index is -0.765. The van der Waals surface area contributed by atoms with Gasteiger partial charge in [-0.3, -0.25) is 0 Å². The van der Waals surface area contributed by atoms with E-state index in [9.17, 15) is 9.18 Å². The van der Waals surface area contributed by atoms with Gasteiger partial charge in [-0.2, -0.15) is 0 Å². The molecule has 2 aliphatic rings. The maximum atomic E-state index is 13.3. The summed E-state index contributed by atoms with van der Waals surface area (Å²) in [6, 6.07) is 9.86. The number of likely N-dealkylation sites (tertiary alicyclic amines) is 1. The molecule has 4 rings (SSSR count). The Morgan fingerprint density at radius 3 is 2.65 bits per heavy atom. The number of hydrogen-bond donors (Lipinski definition) is 0. The first-order valence-corrected chi connectivity index (χ1v) is 9.74. The van der Waals surface area contributed by atoms with Crippen LogP contribution in [0.25, 0.3) is 0 Å². The number of amides is 2. The van der Waals surface area contributed by atoms with Crippen LogP contribution >= 0.6 is 11.3 Å². The van der Waals surface area contributed by atoms with E-state index in [-0.39, 0.29) is 6.03 Å². The molecule has 1 saturated heterocycles. The van der Waals surface area contributed by atoms with E-state index in [2.05, 4.69) is 16.8 Å². The molecule has 1 aromatic carbocycles. The highest BCUT2D eigenvalue weighted by atomic mass is 32.1. The van der Waals surface area contributed by atoms with Crippen molar-refractivity contribution in [2.45, 2.75) is 32.0 Å². The molecule has 134 valence electrons. The SMILES string of the molecule is O=C(N1CCC(F)CC1)N1CCc2nc(C#Cc3ccccc3)sc2C1. The van der Waals surface area contributed by atoms with Gasteiger partial charge >= 0.3 is 6.03 Å². The molecule has 2 aromatic rings. The quantitative estimate of drug-likeness (QED) is 0.667. The first-order valence-electron chi connectivity index (χ1n) is 8.92. The fraction of sp³-hybridized carbons (Fsp3) is 0.400. The Labute approximate surface area is 156 Å². The fourth-order valence-corrected chi connectivity index (χ4v) is 4.28. The fourth-order valence-electron chi connectivity index (χ4n) is 3.30. The summed E-state index contributed by atoms with van der Waals surface area (Å²) in [5.74, 6) is 6.27. The third-order valence-corrected chi connectivity index (χ3v) is 5.78. The third-order valence-electron chi connectivity index (χ3n) is 4.78. The molecule has 0 aliphatic carbocycles. The van der Waals surface area contributed by atoms with Gasteiger partial charge in [0, 0.05) is 36.5 Å². The van der Waals surface area contributed by atoms with E-state index in [1.54, 1.807) is 16.2 Å². The van der Waals surface area contributed by atoms with Gasteiger partial charge in [-0.25, -0.2) is 14.2 Å². The zero-order chi connectivity index (χ0) is 17.9. The summed E-state index contributed by atoms with van der Waals surface area (Å²) in [7, 11) is 0. The molecule has 0 spiro atoms. The second kappa shape index (κ2) is 7.46. The Morgan fingerprint density at radius 1 is 1.12 bits per heavy atom. The highest BCUT2D eigenvalue weighted by Crippen LogP contribution is 2.26. The lowest BCUT2D eigenvalue weighted by Crippen LogP contribution is -2.48. The molecule has 0 unspecified atom stereocenters. The van der Waals surface area contributed by atoms with Gasteiger partial charge in [-0.05, 0) is 30.9 Å². The molecule has 0 radical (unpaired) electrons. The van der Waals surface area contributed by atoms with E-state index in [1.807, 2.05) is 35.2 Å². The molecule has 1 fully saturated rings. The Hall–Kier alpha value is -2.39. The Bertz CT molecular complexity index is 847. The monoisotopic (exact) mass is 369 g/mol. The standard InChI is InChI=1S/C20H20FN3OS/c21-16-8-11-23(12-9-16)20(25)24-13-10-17-18(14-24)26-19(22-17)7-6-15-4-2-1-3-5-15/h1-5,16H,8-14H2. The summed E-state index contributed by atoms with van der Waals surface area (Å²) in [5, 5.41) is 0.798. The molecule has 0 atom stereocenters. The summed E-state index contributed by atoms with van der Waals surface area (Å²) < 4.78 is 13.3. The summed E-state index contributed by atoms with van der Waals surface area (Å²) >= 11 is 1.57. The summed E-state index contributed by atoms with van der Waals surface area (Å²) in [4.78, 5) is 22.0. The van der Waals surface area contributed by atoms with Gasteiger partial charge in [0.25, 0.3) is 0 Å². The maximum Gasteiger partial charge on any atom is 0.320 e. The van der Waals surface area contributed by atoms with Gasteiger partial charge in [0.15, 0.2) is 5.01 Å². The molecular formula is C20H20FN3OS. The smallest absolute Gasteiger partial charge is 0.320 e. The van der Waals surface area contributed by atoms with Crippen molar-refractivity contribution in [2.75, 3.05) is 19.6 Å². The molecule has 0 bridgehead atoms. The predicted molar refractivity (Wildman–Crippen MR) is 99.7 cm³/mol. The maximum absolute atomic E-state index is 13.3. The van der Waals surface area contributed by atoms with Gasteiger partial charge in [0.2, 0.25) is 0 Å². The van der Waals surface area contributed by atoms with Crippen molar-refractivity contribution < 1.29 is 9.18 Å². The van der Waals surface area contributed by atoms with Crippen LogP contribution in [0.5, 0.6) is 0 Å². The van der Waals surface area contributed by atoms with Gasteiger partial charge < -0.3 is 9.80 Å². The highest BCUT2D eigenvalue weighted by molar-refractivity contribution is 7.12. The normalized spacial score (nSPS) is 17.4. The number of rotatable bonds is 0. The first kappa shape index (κ1) is 17.0. The van der Waals surface area contributed by atoms with E-state index < -0.39 is 6.17 Å². The summed E-state index contributed by atoms with van der Waals surface area (Å²) in [6.07, 6.45) is 0.888. The number of halogens is 1. The van der Waals surface area contributed by atoms with Gasteiger partial charge in [-0.15, -0.1) is 11.3 Å². The Kier molecular flexibility index (Phi) is 4.89. The molecule has 2 aliphatic heterocycles. The lowest BCUT2D eigenvalue weighted by Gasteiger charge is -2.35. The molecule has 1 aromatic heterocycles. The third kappa shape index (κ3) is 3.73. The van der Waals surface area contributed by atoms with Crippen LogP contribution in [-0.4, -0.2) is 46.6 Å². The molecular weight excluding hydrogens is 349 g/mol. The van der Waals surface area contributed by atoms with Crippen LogP contribution in [0.4, 0.5) is 9.18 Å². The van der Waals surface area contributed by atoms with Gasteiger partial charge in [0.05, 0.1) is 12.2 Å². The number of fused-ring (bicyclic) bond motifs is 1. The van der Waals surface area contributed by atoms with E-state index >= 15 is 0 Å². The minimum Gasteiger partial charge on any atom is -0.324 e. The van der Waals surface area contributed by atoms with Crippen LogP contribution in [0.15, 0.2) is 30.3 Å². The number of hydrogen-bond acceptors (Lipinski definition) is 3.